The van der Waals surface area contributed by atoms with E-state index in [-0.39, 0.29) is 18.3 Å². The molecule has 3 N–H and O–H groups in total. The number of carbonyl (C=O) groups is 1. The van der Waals surface area contributed by atoms with Crippen molar-refractivity contribution >= 4 is 18.3 Å². The highest BCUT2D eigenvalue weighted by Crippen LogP contribution is 2.16. The zero-order chi connectivity index (χ0) is 18.1. The highest BCUT2D eigenvalue weighted by Gasteiger charge is 2.26. The molecule has 1 atom stereocenters. The van der Waals surface area contributed by atoms with Crippen LogP contribution in [0, 0.1) is 0 Å². The second kappa shape index (κ2) is 10.8. The number of nitrogens with one attached hydrogen (secondary N) is 1. The molecule has 2 aromatic carbocycles. The highest BCUT2D eigenvalue weighted by atomic mass is 35.5. The molecule has 0 aromatic heterocycles. The summed E-state index contributed by atoms with van der Waals surface area (Å²) in [7, 11) is 0. The van der Waals surface area contributed by atoms with Crippen molar-refractivity contribution in [3.05, 3.63) is 65.7 Å². The number of hydrogen-bond donors (Lipinski definition) is 2. The Morgan fingerprint density at radius 3 is 2.50 bits per heavy atom. The summed E-state index contributed by atoms with van der Waals surface area (Å²) < 4.78 is 5.84. The van der Waals surface area contributed by atoms with Gasteiger partial charge in [-0.3, -0.25) is 4.79 Å². The van der Waals surface area contributed by atoms with Crippen molar-refractivity contribution in [3.8, 4) is 5.75 Å². The Morgan fingerprint density at radius 2 is 1.81 bits per heavy atom. The molecule has 142 valence electrons. The Hall–Kier alpha value is -2.04. The Balaban J connectivity index is 0.00000338. The van der Waals surface area contributed by atoms with E-state index in [0.29, 0.717) is 19.6 Å². The SMILES string of the molecule is CCCC(C)(N)C(=O)NCCc1cccc(OCc2ccccc2)c1.Cl. The molecule has 1 amide bonds. The molecular formula is C21H29ClN2O2. The third-order valence-corrected chi connectivity index (χ3v) is 4.13. The van der Waals surface area contributed by atoms with Crippen molar-refractivity contribution in [2.24, 2.45) is 5.73 Å². The predicted molar refractivity (Wildman–Crippen MR) is 109 cm³/mol. The van der Waals surface area contributed by atoms with Gasteiger partial charge in [0.25, 0.3) is 0 Å². The maximum absolute atomic E-state index is 12.1. The molecule has 26 heavy (non-hydrogen) atoms. The largest absolute Gasteiger partial charge is 0.489 e. The average Bonchev–Trinajstić information content (AvgIpc) is 2.61. The zero-order valence-electron chi connectivity index (χ0n) is 15.5. The van der Waals surface area contributed by atoms with E-state index in [0.717, 1.165) is 29.7 Å². The Bertz CT molecular complexity index is 675. The number of carbonyl (C=O) groups excluding carboxylic acids is 1. The van der Waals surface area contributed by atoms with Crippen molar-refractivity contribution in [1.82, 2.24) is 5.32 Å². The lowest BCUT2D eigenvalue weighted by molar-refractivity contribution is -0.126. The van der Waals surface area contributed by atoms with Crippen LogP contribution in [0.3, 0.4) is 0 Å². The van der Waals surface area contributed by atoms with Gasteiger partial charge >= 0.3 is 0 Å². The van der Waals surface area contributed by atoms with Crippen molar-refractivity contribution in [1.29, 1.82) is 0 Å². The summed E-state index contributed by atoms with van der Waals surface area (Å²) in [6, 6.07) is 18.1. The second-order valence-electron chi connectivity index (χ2n) is 6.60. The third-order valence-electron chi connectivity index (χ3n) is 4.13. The van der Waals surface area contributed by atoms with Crippen LogP contribution in [0.15, 0.2) is 54.6 Å². The van der Waals surface area contributed by atoms with Gasteiger partial charge in [0.05, 0.1) is 5.54 Å². The van der Waals surface area contributed by atoms with Crippen LogP contribution >= 0.6 is 12.4 Å². The summed E-state index contributed by atoms with van der Waals surface area (Å²) in [4.78, 5) is 12.1. The van der Waals surface area contributed by atoms with E-state index in [4.69, 9.17) is 10.5 Å². The molecule has 0 fully saturated rings. The molecule has 4 nitrogen and oxygen atoms in total. The number of hydrogen-bond acceptors (Lipinski definition) is 3. The topological polar surface area (TPSA) is 64.4 Å². The molecule has 0 radical (unpaired) electrons. The molecule has 0 heterocycles. The summed E-state index contributed by atoms with van der Waals surface area (Å²) in [6.07, 6.45) is 2.32. The van der Waals surface area contributed by atoms with Gasteiger partial charge in [-0.2, -0.15) is 0 Å². The normalized spacial score (nSPS) is 12.6. The lowest BCUT2D eigenvalue weighted by Gasteiger charge is -2.22. The van der Waals surface area contributed by atoms with Gasteiger partial charge in [0, 0.05) is 6.54 Å². The first-order chi connectivity index (χ1) is 12.0. The van der Waals surface area contributed by atoms with Crippen molar-refractivity contribution < 1.29 is 9.53 Å². The van der Waals surface area contributed by atoms with E-state index in [2.05, 4.69) is 5.32 Å². The van der Waals surface area contributed by atoms with Crippen LogP contribution in [0.2, 0.25) is 0 Å². The summed E-state index contributed by atoms with van der Waals surface area (Å²) >= 11 is 0. The second-order valence-corrected chi connectivity index (χ2v) is 6.60. The van der Waals surface area contributed by atoms with E-state index in [1.54, 1.807) is 6.92 Å². The molecule has 0 saturated carbocycles. The minimum absolute atomic E-state index is 0. The molecule has 0 aliphatic heterocycles. The first-order valence-electron chi connectivity index (χ1n) is 8.84. The standard InChI is InChI=1S/C21H28N2O2.ClH/c1-3-13-21(2,22)20(24)23-14-12-17-10-7-11-19(15-17)25-16-18-8-5-4-6-9-18;/h4-11,15H,3,12-14,16,22H2,1-2H3,(H,23,24);1H. The highest BCUT2D eigenvalue weighted by molar-refractivity contribution is 5.85. The van der Waals surface area contributed by atoms with Crippen molar-refractivity contribution in [3.63, 3.8) is 0 Å². The first-order valence-corrected chi connectivity index (χ1v) is 8.84. The van der Waals surface area contributed by atoms with Crippen LogP contribution in [0.5, 0.6) is 5.75 Å². The fourth-order valence-corrected chi connectivity index (χ4v) is 2.69. The Morgan fingerprint density at radius 1 is 1.12 bits per heavy atom. The van der Waals surface area contributed by atoms with E-state index in [1.807, 2.05) is 61.5 Å². The van der Waals surface area contributed by atoms with Gasteiger partial charge in [0.1, 0.15) is 12.4 Å². The molecule has 5 heteroatoms. The van der Waals surface area contributed by atoms with E-state index in [9.17, 15) is 4.79 Å². The Labute approximate surface area is 162 Å². The maximum atomic E-state index is 12.1. The van der Waals surface area contributed by atoms with Crippen LogP contribution in [-0.2, 0) is 17.8 Å². The summed E-state index contributed by atoms with van der Waals surface area (Å²) in [5, 5.41) is 2.93. The lowest BCUT2D eigenvalue weighted by Crippen LogP contribution is -2.51. The Kier molecular flexibility index (Phi) is 9.17. The van der Waals surface area contributed by atoms with E-state index >= 15 is 0 Å². The summed E-state index contributed by atoms with van der Waals surface area (Å²) in [5.74, 6) is 0.744. The van der Waals surface area contributed by atoms with Crippen molar-refractivity contribution in [2.45, 2.75) is 45.3 Å². The number of benzene rings is 2. The smallest absolute Gasteiger partial charge is 0.239 e. The summed E-state index contributed by atoms with van der Waals surface area (Å²) in [5.41, 5.74) is 7.50. The third kappa shape index (κ3) is 7.06. The van der Waals surface area contributed by atoms with Gasteiger partial charge in [-0.05, 0) is 43.0 Å². The maximum Gasteiger partial charge on any atom is 0.239 e. The molecule has 1 unspecified atom stereocenters. The fraction of sp³-hybridized carbons (Fsp3) is 0.381. The molecule has 0 spiro atoms. The number of nitrogens with two attached hydrogens (primary N) is 1. The quantitative estimate of drug-likeness (QED) is 0.698. The summed E-state index contributed by atoms with van der Waals surface area (Å²) in [6.45, 7) is 4.92. The fourth-order valence-electron chi connectivity index (χ4n) is 2.69. The lowest BCUT2D eigenvalue weighted by atomic mass is 9.96. The minimum Gasteiger partial charge on any atom is -0.489 e. The van der Waals surface area contributed by atoms with Gasteiger partial charge in [-0.25, -0.2) is 0 Å². The minimum atomic E-state index is -0.796. The molecule has 0 aliphatic carbocycles. The molecule has 0 bridgehead atoms. The van der Waals surface area contributed by atoms with Crippen LogP contribution < -0.4 is 15.8 Å². The number of rotatable bonds is 9. The van der Waals surface area contributed by atoms with E-state index in [1.165, 1.54) is 0 Å². The predicted octanol–water partition coefficient (Wildman–Crippen LogP) is 3.86. The van der Waals surface area contributed by atoms with Gasteiger partial charge in [-0.15, -0.1) is 12.4 Å². The first kappa shape index (κ1) is 22.0. The number of amides is 1. The number of halogens is 1. The average molecular weight is 377 g/mol. The molecular weight excluding hydrogens is 348 g/mol. The molecule has 2 aromatic rings. The monoisotopic (exact) mass is 376 g/mol. The number of ether oxygens (including phenoxy) is 1. The zero-order valence-corrected chi connectivity index (χ0v) is 16.4. The molecule has 0 saturated heterocycles. The van der Waals surface area contributed by atoms with Crippen LogP contribution in [0.1, 0.15) is 37.8 Å². The van der Waals surface area contributed by atoms with Crippen molar-refractivity contribution in [2.75, 3.05) is 6.54 Å². The van der Waals surface area contributed by atoms with Crippen LogP contribution in [0.25, 0.3) is 0 Å². The molecule has 0 aliphatic rings. The van der Waals surface area contributed by atoms with Crippen LogP contribution in [-0.4, -0.2) is 18.0 Å². The van der Waals surface area contributed by atoms with Gasteiger partial charge in [0.15, 0.2) is 0 Å². The van der Waals surface area contributed by atoms with Gasteiger partial charge in [-0.1, -0.05) is 55.8 Å². The molecule has 2 rings (SSSR count). The van der Waals surface area contributed by atoms with Gasteiger partial charge in [0.2, 0.25) is 5.91 Å². The van der Waals surface area contributed by atoms with Crippen LogP contribution in [0.4, 0.5) is 0 Å². The van der Waals surface area contributed by atoms with E-state index < -0.39 is 5.54 Å². The van der Waals surface area contributed by atoms with Gasteiger partial charge < -0.3 is 15.8 Å².